The standard InChI is InChI=1S/C8H7N2O2.ClH/c9-10-7-1-2-8-6(3-7)4-11-5-12-8;/h1-3H,4-5H2;1H/q+1;/p-1. The van der Waals surface area contributed by atoms with E-state index in [4.69, 9.17) is 14.9 Å². The van der Waals surface area contributed by atoms with Crippen molar-refractivity contribution in [3.63, 3.8) is 0 Å². The zero-order valence-corrected chi connectivity index (χ0v) is 7.49. The first-order valence-corrected chi connectivity index (χ1v) is 3.59. The fourth-order valence-electron chi connectivity index (χ4n) is 1.14. The highest BCUT2D eigenvalue weighted by Crippen LogP contribution is 2.27. The number of fused-ring (bicyclic) bond motifs is 1. The number of rotatable bonds is 0. The Bertz CT molecular complexity index is 348. The van der Waals surface area contributed by atoms with Gasteiger partial charge < -0.3 is 21.9 Å². The lowest BCUT2D eigenvalue weighted by molar-refractivity contribution is -0.0163. The van der Waals surface area contributed by atoms with Gasteiger partial charge in [0.15, 0.2) is 11.8 Å². The third kappa shape index (κ3) is 1.89. The predicted molar refractivity (Wildman–Crippen MR) is 41.5 cm³/mol. The van der Waals surface area contributed by atoms with E-state index in [0.29, 0.717) is 19.1 Å². The van der Waals surface area contributed by atoms with E-state index in [-0.39, 0.29) is 12.4 Å². The van der Waals surface area contributed by atoms with Gasteiger partial charge in [-0.1, -0.05) is 0 Å². The van der Waals surface area contributed by atoms with Gasteiger partial charge in [-0.05, 0) is 6.07 Å². The Morgan fingerprint density at radius 1 is 1.38 bits per heavy atom. The van der Waals surface area contributed by atoms with Crippen LogP contribution in [0.5, 0.6) is 5.75 Å². The molecule has 0 N–H and O–H groups in total. The fraction of sp³-hybridized carbons (Fsp3) is 0.250. The molecule has 4 nitrogen and oxygen atoms in total. The molecule has 0 fully saturated rings. The Labute approximate surface area is 81.5 Å². The quantitative estimate of drug-likeness (QED) is 0.505. The predicted octanol–water partition coefficient (Wildman–Crippen LogP) is -0.958. The highest BCUT2D eigenvalue weighted by atomic mass is 35.5. The van der Waals surface area contributed by atoms with Crippen LogP contribution in [0.1, 0.15) is 5.56 Å². The smallest absolute Gasteiger partial charge is 0.385 e. The summed E-state index contributed by atoms with van der Waals surface area (Å²) in [6.07, 6.45) is 0. The molecule has 0 atom stereocenters. The first-order valence-electron chi connectivity index (χ1n) is 3.59. The minimum atomic E-state index is 0. The summed E-state index contributed by atoms with van der Waals surface area (Å²) >= 11 is 0. The second-order valence-electron chi connectivity index (χ2n) is 2.50. The molecule has 0 unspecified atom stereocenters. The van der Waals surface area contributed by atoms with Crippen LogP contribution in [0.3, 0.4) is 0 Å². The Morgan fingerprint density at radius 2 is 2.23 bits per heavy atom. The van der Waals surface area contributed by atoms with Crippen LogP contribution in [0.25, 0.3) is 4.98 Å². The number of diazo groups is 1. The lowest BCUT2D eigenvalue weighted by atomic mass is 10.2. The van der Waals surface area contributed by atoms with E-state index in [1.807, 2.05) is 0 Å². The molecule has 0 aromatic heterocycles. The lowest BCUT2D eigenvalue weighted by Gasteiger charge is -2.15. The SMILES string of the molecule is N#[N+]c1ccc2c(c1)COCO2.[Cl-]. The van der Waals surface area contributed by atoms with Crippen LogP contribution < -0.4 is 17.1 Å². The van der Waals surface area contributed by atoms with Crippen molar-refractivity contribution in [1.82, 2.24) is 0 Å². The normalized spacial score (nSPS) is 13.2. The lowest BCUT2D eigenvalue weighted by Crippen LogP contribution is -3.00. The third-order valence-electron chi connectivity index (χ3n) is 1.71. The van der Waals surface area contributed by atoms with Gasteiger partial charge in [-0.2, -0.15) is 0 Å². The Kier molecular flexibility index (Phi) is 3.07. The molecule has 68 valence electrons. The molecular formula is C8H7ClN2O2. The highest BCUT2D eigenvalue weighted by Gasteiger charge is 2.14. The van der Waals surface area contributed by atoms with Crippen LogP contribution >= 0.6 is 0 Å². The maximum absolute atomic E-state index is 8.48. The molecule has 0 bridgehead atoms. The molecule has 1 aromatic carbocycles. The van der Waals surface area contributed by atoms with Crippen LogP contribution in [0.2, 0.25) is 0 Å². The molecule has 5 heteroatoms. The number of hydrogen-bond donors (Lipinski definition) is 0. The largest absolute Gasteiger partial charge is 1.00 e. The zero-order valence-electron chi connectivity index (χ0n) is 6.74. The summed E-state index contributed by atoms with van der Waals surface area (Å²) in [5.41, 5.74) is 1.43. The Hall–Kier alpha value is -1.31. The minimum absolute atomic E-state index is 0. The first-order chi connectivity index (χ1) is 5.90. The molecule has 1 heterocycles. The fourth-order valence-corrected chi connectivity index (χ4v) is 1.14. The van der Waals surface area contributed by atoms with E-state index >= 15 is 0 Å². The molecule has 1 aliphatic heterocycles. The highest BCUT2D eigenvalue weighted by molar-refractivity contribution is 5.51. The summed E-state index contributed by atoms with van der Waals surface area (Å²) in [4.78, 5) is 3.07. The van der Waals surface area contributed by atoms with Crippen molar-refractivity contribution < 1.29 is 21.9 Å². The molecule has 0 aliphatic carbocycles. The molecule has 0 spiro atoms. The van der Waals surface area contributed by atoms with Crippen molar-refractivity contribution in [2.45, 2.75) is 6.61 Å². The van der Waals surface area contributed by atoms with Gasteiger partial charge >= 0.3 is 5.69 Å². The molecule has 0 radical (unpaired) electrons. The monoisotopic (exact) mass is 198 g/mol. The van der Waals surface area contributed by atoms with Crippen LogP contribution in [0.15, 0.2) is 18.2 Å². The molecule has 13 heavy (non-hydrogen) atoms. The average molecular weight is 199 g/mol. The van der Waals surface area contributed by atoms with Crippen molar-refractivity contribution in [3.05, 3.63) is 28.7 Å². The molecule has 1 aromatic rings. The van der Waals surface area contributed by atoms with Crippen molar-refractivity contribution in [1.29, 1.82) is 5.39 Å². The van der Waals surface area contributed by atoms with Crippen LogP contribution in [-0.4, -0.2) is 6.79 Å². The number of halogens is 1. The van der Waals surface area contributed by atoms with E-state index in [1.165, 1.54) is 0 Å². The van der Waals surface area contributed by atoms with Gasteiger partial charge in [-0.25, -0.2) is 0 Å². The van der Waals surface area contributed by atoms with Crippen molar-refractivity contribution in [2.75, 3.05) is 6.79 Å². The van der Waals surface area contributed by atoms with Crippen molar-refractivity contribution in [2.24, 2.45) is 0 Å². The average Bonchev–Trinajstić information content (AvgIpc) is 2.17. The van der Waals surface area contributed by atoms with Crippen LogP contribution in [0.4, 0.5) is 5.69 Å². The Balaban J connectivity index is 0.000000845. The van der Waals surface area contributed by atoms with Gasteiger partial charge in [0.05, 0.1) is 6.61 Å². The Morgan fingerprint density at radius 3 is 3.00 bits per heavy atom. The summed E-state index contributed by atoms with van der Waals surface area (Å²) in [6, 6.07) is 5.19. The van der Waals surface area contributed by atoms with Crippen LogP contribution in [-0.2, 0) is 11.3 Å². The van der Waals surface area contributed by atoms with E-state index in [0.717, 1.165) is 11.3 Å². The molecule has 0 saturated heterocycles. The van der Waals surface area contributed by atoms with Gasteiger partial charge in [-0.3, -0.25) is 0 Å². The summed E-state index contributed by atoms with van der Waals surface area (Å²) in [5.74, 6) is 0.800. The number of ether oxygens (including phenoxy) is 2. The van der Waals surface area contributed by atoms with E-state index < -0.39 is 0 Å². The minimum Gasteiger partial charge on any atom is -1.00 e. The maximum atomic E-state index is 8.48. The summed E-state index contributed by atoms with van der Waals surface area (Å²) in [7, 11) is 0. The maximum Gasteiger partial charge on any atom is 0.385 e. The molecule has 2 rings (SSSR count). The second-order valence-corrected chi connectivity index (χ2v) is 2.50. The first kappa shape index (κ1) is 9.78. The summed E-state index contributed by atoms with van der Waals surface area (Å²) in [6.45, 7) is 0.807. The van der Waals surface area contributed by atoms with Gasteiger partial charge in [-0.15, -0.1) is 0 Å². The van der Waals surface area contributed by atoms with Crippen molar-refractivity contribution >= 4 is 5.69 Å². The molecule has 1 aliphatic rings. The topological polar surface area (TPSA) is 46.6 Å². The summed E-state index contributed by atoms with van der Waals surface area (Å²) in [5, 5.41) is 8.48. The van der Waals surface area contributed by atoms with Gasteiger partial charge in [0.25, 0.3) is 0 Å². The van der Waals surface area contributed by atoms with Gasteiger partial charge in [0.1, 0.15) is 5.75 Å². The number of hydrogen-bond acceptors (Lipinski definition) is 3. The second kappa shape index (κ2) is 4.08. The number of benzene rings is 1. The number of nitrogens with zero attached hydrogens (tertiary/aromatic N) is 2. The zero-order chi connectivity index (χ0) is 8.39. The summed E-state index contributed by atoms with van der Waals surface area (Å²) < 4.78 is 10.2. The third-order valence-corrected chi connectivity index (χ3v) is 1.71. The van der Waals surface area contributed by atoms with Crippen LogP contribution in [0, 0.1) is 5.39 Å². The van der Waals surface area contributed by atoms with E-state index in [9.17, 15) is 0 Å². The molecular weight excluding hydrogens is 192 g/mol. The van der Waals surface area contributed by atoms with E-state index in [2.05, 4.69) is 4.98 Å². The van der Waals surface area contributed by atoms with E-state index in [1.54, 1.807) is 18.2 Å². The van der Waals surface area contributed by atoms with Crippen molar-refractivity contribution in [3.8, 4) is 5.75 Å². The molecule has 0 saturated carbocycles. The van der Waals surface area contributed by atoms with Gasteiger partial charge in [0.2, 0.25) is 5.39 Å². The van der Waals surface area contributed by atoms with Gasteiger partial charge in [0, 0.05) is 17.7 Å². The molecule has 0 amide bonds.